The number of anilines is 1. The van der Waals surface area contributed by atoms with Gasteiger partial charge in [0.05, 0.1) is 5.02 Å². The summed E-state index contributed by atoms with van der Waals surface area (Å²) in [7, 11) is 0. The van der Waals surface area contributed by atoms with E-state index in [-0.39, 0.29) is 16.2 Å². The van der Waals surface area contributed by atoms with Gasteiger partial charge in [-0.15, -0.1) is 0 Å². The molecule has 0 unspecified atom stereocenters. The van der Waals surface area contributed by atoms with Crippen molar-refractivity contribution in [3.8, 4) is 6.07 Å². The van der Waals surface area contributed by atoms with Crippen LogP contribution in [0.5, 0.6) is 0 Å². The molecule has 0 aromatic heterocycles. The highest BCUT2D eigenvalue weighted by Crippen LogP contribution is 2.22. The van der Waals surface area contributed by atoms with Crippen LogP contribution in [0.2, 0.25) is 5.02 Å². The van der Waals surface area contributed by atoms with Crippen molar-refractivity contribution in [3.63, 3.8) is 0 Å². The Labute approximate surface area is 145 Å². The summed E-state index contributed by atoms with van der Waals surface area (Å²) in [6.07, 6.45) is 1.14. The Hall–Kier alpha value is -1.91. The smallest absolute Gasteiger partial charge is 0.266 e. The van der Waals surface area contributed by atoms with Crippen molar-refractivity contribution in [3.05, 3.63) is 68.0 Å². The Balaban J connectivity index is 2.28. The standard InChI is InChI=1S/C16H9ClFIN2O/c17-14-2-1-3-15(18)13(14)8-10(9-20)16(22)21-12-6-4-11(19)5-7-12/h1-8H,(H,21,22)/b10-8+. The summed E-state index contributed by atoms with van der Waals surface area (Å²) < 4.78 is 14.7. The number of carbonyl (C=O) groups is 1. The Kier molecular flexibility index (Phi) is 5.52. The molecule has 1 N–H and O–H groups in total. The molecule has 0 atom stereocenters. The molecule has 1 amide bonds. The summed E-state index contributed by atoms with van der Waals surface area (Å²) in [5.41, 5.74) is 0.329. The van der Waals surface area contributed by atoms with Gasteiger partial charge in [0.1, 0.15) is 17.5 Å². The van der Waals surface area contributed by atoms with Crippen LogP contribution in [0.25, 0.3) is 6.08 Å². The van der Waals surface area contributed by atoms with Gasteiger partial charge in [0, 0.05) is 14.8 Å². The van der Waals surface area contributed by atoms with E-state index in [2.05, 4.69) is 27.9 Å². The molecule has 0 spiro atoms. The van der Waals surface area contributed by atoms with Gasteiger partial charge in [-0.3, -0.25) is 4.79 Å². The summed E-state index contributed by atoms with van der Waals surface area (Å²) >= 11 is 8.03. The molecule has 0 aliphatic heterocycles. The second-order valence-corrected chi connectivity index (χ2v) is 5.92. The van der Waals surface area contributed by atoms with Crippen molar-refractivity contribution in [2.45, 2.75) is 0 Å². The van der Waals surface area contributed by atoms with E-state index in [1.165, 1.54) is 18.2 Å². The second-order valence-electron chi connectivity index (χ2n) is 4.27. The fraction of sp³-hybridized carbons (Fsp3) is 0. The van der Waals surface area contributed by atoms with Gasteiger partial charge in [0.2, 0.25) is 0 Å². The maximum atomic E-state index is 13.7. The van der Waals surface area contributed by atoms with Gasteiger partial charge in [0.15, 0.2) is 0 Å². The number of benzene rings is 2. The van der Waals surface area contributed by atoms with E-state index >= 15 is 0 Å². The number of nitrogens with zero attached hydrogens (tertiary/aromatic N) is 1. The molecule has 0 bridgehead atoms. The Morgan fingerprint density at radius 2 is 1.95 bits per heavy atom. The SMILES string of the molecule is N#C/C(=C\c1c(F)cccc1Cl)C(=O)Nc1ccc(I)cc1. The summed E-state index contributed by atoms with van der Waals surface area (Å²) in [5, 5.41) is 11.8. The number of hydrogen-bond donors (Lipinski definition) is 1. The number of rotatable bonds is 3. The van der Waals surface area contributed by atoms with Gasteiger partial charge in [-0.1, -0.05) is 17.7 Å². The van der Waals surface area contributed by atoms with Crippen LogP contribution >= 0.6 is 34.2 Å². The monoisotopic (exact) mass is 426 g/mol. The quantitative estimate of drug-likeness (QED) is 0.442. The number of hydrogen-bond acceptors (Lipinski definition) is 2. The summed E-state index contributed by atoms with van der Waals surface area (Å²) in [4.78, 5) is 12.1. The number of halogens is 3. The Bertz CT molecular complexity index is 761. The first-order valence-corrected chi connectivity index (χ1v) is 7.59. The van der Waals surface area contributed by atoms with Crippen LogP contribution in [0, 0.1) is 20.7 Å². The van der Waals surface area contributed by atoms with Crippen LogP contribution in [-0.4, -0.2) is 5.91 Å². The molecule has 0 heterocycles. The van der Waals surface area contributed by atoms with Crippen molar-refractivity contribution >= 4 is 51.9 Å². The first-order valence-electron chi connectivity index (χ1n) is 6.14. The average molecular weight is 427 g/mol. The first-order chi connectivity index (χ1) is 10.5. The second kappa shape index (κ2) is 7.38. The third-order valence-electron chi connectivity index (χ3n) is 2.76. The number of nitrogens with one attached hydrogen (secondary N) is 1. The maximum absolute atomic E-state index is 13.7. The fourth-order valence-corrected chi connectivity index (χ4v) is 2.25. The molecule has 0 fully saturated rings. The molecule has 2 aromatic carbocycles. The molecular weight excluding hydrogens is 418 g/mol. The highest BCUT2D eigenvalue weighted by atomic mass is 127. The highest BCUT2D eigenvalue weighted by molar-refractivity contribution is 14.1. The van der Waals surface area contributed by atoms with Crippen LogP contribution in [0.4, 0.5) is 10.1 Å². The van der Waals surface area contributed by atoms with Crippen molar-refractivity contribution < 1.29 is 9.18 Å². The molecule has 0 aliphatic rings. The maximum Gasteiger partial charge on any atom is 0.266 e. The average Bonchev–Trinajstić information content (AvgIpc) is 2.49. The molecule has 22 heavy (non-hydrogen) atoms. The fourth-order valence-electron chi connectivity index (χ4n) is 1.67. The lowest BCUT2D eigenvalue weighted by atomic mass is 10.1. The molecule has 0 saturated carbocycles. The summed E-state index contributed by atoms with van der Waals surface area (Å²) in [5.74, 6) is -1.22. The molecule has 3 nitrogen and oxygen atoms in total. The van der Waals surface area contributed by atoms with Gasteiger partial charge >= 0.3 is 0 Å². The van der Waals surface area contributed by atoms with E-state index < -0.39 is 11.7 Å². The summed E-state index contributed by atoms with van der Waals surface area (Å²) in [6, 6.07) is 13.0. The minimum atomic E-state index is -0.622. The Morgan fingerprint density at radius 3 is 2.55 bits per heavy atom. The van der Waals surface area contributed by atoms with Crippen LogP contribution in [0.1, 0.15) is 5.56 Å². The van der Waals surface area contributed by atoms with Crippen LogP contribution in [0.15, 0.2) is 48.0 Å². The molecular formula is C16H9ClFIN2O. The Morgan fingerprint density at radius 1 is 1.27 bits per heavy atom. The predicted octanol–water partition coefficient (Wildman–Crippen LogP) is 4.63. The third kappa shape index (κ3) is 4.06. The predicted molar refractivity (Wildman–Crippen MR) is 92.8 cm³/mol. The van der Waals surface area contributed by atoms with Gasteiger partial charge in [-0.25, -0.2) is 4.39 Å². The molecule has 0 saturated heterocycles. The van der Waals surface area contributed by atoms with Crippen LogP contribution in [0.3, 0.4) is 0 Å². The van der Waals surface area contributed by atoms with Crippen molar-refractivity contribution in [1.29, 1.82) is 5.26 Å². The number of amides is 1. The minimum Gasteiger partial charge on any atom is -0.321 e. The van der Waals surface area contributed by atoms with Crippen LogP contribution in [-0.2, 0) is 4.79 Å². The van der Waals surface area contributed by atoms with Crippen LogP contribution < -0.4 is 5.32 Å². The third-order valence-corrected chi connectivity index (χ3v) is 3.80. The normalized spacial score (nSPS) is 10.9. The molecule has 2 rings (SSSR count). The molecule has 2 aromatic rings. The van der Waals surface area contributed by atoms with E-state index in [0.717, 1.165) is 9.65 Å². The zero-order chi connectivity index (χ0) is 16.1. The van der Waals surface area contributed by atoms with Crippen molar-refractivity contribution in [2.24, 2.45) is 0 Å². The lowest BCUT2D eigenvalue weighted by Crippen LogP contribution is -2.13. The molecule has 0 aliphatic carbocycles. The molecule has 0 radical (unpaired) electrons. The number of nitriles is 1. The van der Waals surface area contributed by atoms with E-state index in [4.69, 9.17) is 16.9 Å². The molecule has 6 heteroatoms. The van der Waals surface area contributed by atoms with Crippen molar-refractivity contribution in [1.82, 2.24) is 0 Å². The lowest BCUT2D eigenvalue weighted by Gasteiger charge is -2.05. The van der Waals surface area contributed by atoms with Crippen molar-refractivity contribution in [2.75, 3.05) is 5.32 Å². The van der Waals surface area contributed by atoms with E-state index in [1.54, 1.807) is 18.2 Å². The van der Waals surface area contributed by atoms with E-state index in [1.807, 2.05) is 12.1 Å². The topological polar surface area (TPSA) is 52.9 Å². The lowest BCUT2D eigenvalue weighted by molar-refractivity contribution is -0.112. The van der Waals surface area contributed by atoms with Gasteiger partial charge in [-0.2, -0.15) is 5.26 Å². The highest BCUT2D eigenvalue weighted by Gasteiger charge is 2.12. The van der Waals surface area contributed by atoms with E-state index in [9.17, 15) is 9.18 Å². The first kappa shape index (κ1) is 16.5. The summed E-state index contributed by atoms with van der Waals surface area (Å²) in [6.45, 7) is 0. The number of carbonyl (C=O) groups excluding carboxylic acids is 1. The minimum absolute atomic E-state index is 0.0125. The van der Waals surface area contributed by atoms with E-state index in [0.29, 0.717) is 5.69 Å². The largest absolute Gasteiger partial charge is 0.321 e. The van der Waals surface area contributed by atoms with Gasteiger partial charge in [-0.05, 0) is 65.1 Å². The zero-order valence-electron chi connectivity index (χ0n) is 11.1. The zero-order valence-corrected chi connectivity index (χ0v) is 14.0. The van der Waals surface area contributed by atoms with Gasteiger partial charge in [0.25, 0.3) is 5.91 Å². The molecule has 110 valence electrons. The van der Waals surface area contributed by atoms with Gasteiger partial charge < -0.3 is 5.32 Å².